The molecule has 2 aliphatic heterocycles. The fraction of sp³-hybridized carbons (Fsp3) is 0.435. The van der Waals surface area contributed by atoms with E-state index < -0.39 is 5.41 Å². The molecule has 2 fully saturated rings. The van der Waals surface area contributed by atoms with Gasteiger partial charge in [-0.2, -0.15) is 4.73 Å². The van der Waals surface area contributed by atoms with Crippen LogP contribution >= 0.6 is 0 Å². The van der Waals surface area contributed by atoms with Gasteiger partial charge in [0.2, 0.25) is 5.91 Å². The summed E-state index contributed by atoms with van der Waals surface area (Å²) in [4.78, 5) is 29.9. The standard InChI is InChI=1S/C23H27N3O3/c27-21(20-9-15-26(29)16-10-20)25-17-12-23(18-25)11-5-14-24(22(23)28)13-4-8-19-6-2-1-3-7-19/h1-3,6-7,9-10,15-16H,4-5,8,11-14,17-18H2/t23-/m0/s1. The number of aryl methyl sites for hydroxylation is 1. The van der Waals surface area contributed by atoms with Crippen molar-refractivity contribution in [2.45, 2.75) is 32.1 Å². The van der Waals surface area contributed by atoms with E-state index in [-0.39, 0.29) is 11.8 Å². The number of piperidine rings is 1. The third-order valence-corrected chi connectivity index (χ3v) is 6.25. The molecule has 2 aromatic rings. The summed E-state index contributed by atoms with van der Waals surface area (Å²) < 4.78 is 0.667. The minimum atomic E-state index is -0.437. The summed E-state index contributed by atoms with van der Waals surface area (Å²) in [5.74, 6) is 0.106. The van der Waals surface area contributed by atoms with Crippen molar-refractivity contribution in [2.75, 3.05) is 26.2 Å². The lowest BCUT2D eigenvalue weighted by Crippen LogP contribution is -2.50. The average molecular weight is 393 g/mol. The van der Waals surface area contributed by atoms with Gasteiger partial charge in [0.1, 0.15) is 0 Å². The largest absolute Gasteiger partial charge is 0.619 e. The molecule has 1 aromatic heterocycles. The monoisotopic (exact) mass is 393 g/mol. The first-order chi connectivity index (χ1) is 14.1. The molecule has 152 valence electrons. The second-order valence-electron chi connectivity index (χ2n) is 8.19. The number of benzene rings is 1. The minimum absolute atomic E-state index is 0.100. The van der Waals surface area contributed by atoms with E-state index in [1.807, 2.05) is 23.1 Å². The van der Waals surface area contributed by atoms with Gasteiger partial charge in [-0.15, -0.1) is 0 Å². The second kappa shape index (κ2) is 8.23. The van der Waals surface area contributed by atoms with Gasteiger partial charge < -0.3 is 15.0 Å². The number of pyridine rings is 1. The summed E-state index contributed by atoms with van der Waals surface area (Å²) in [6, 6.07) is 13.4. The molecule has 29 heavy (non-hydrogen) atoms. The first-order valence-corrected chi connectivity index (χ1v) is 10.4. The Morgan fingerprint density at radius 2 is 1.83 bits per heavy atom. The van der Waals surface area contributed by atoms with Gasteiger partial charge in [-0.1, -0.05) is 30.3 Å². The first-order valence-electron chi connectivity index (χ1n) is 10.4. The van der Waals surface area contributed by atoms with Crippen molar-refractivity contribution in [2.24, 2.45) is 5.41 Å². The maximum atomic E-state index is 13.3. The number of hydrogen-bond acceptors (Lipinski definition) is 3. The van der Waals surface area contributed by atoms with Gasteiger partial charge in [-0.25, -0.2) is 0 Å². The van der Waals surface area contributed by atoms with E-state index in [1.54, 1.807) is 17.0 Å². The molecule has 0 bridgehead atoms. The first kappa shape index (κ1) is 19.4. The molecule has 2 amide bonds. The molecule has 3 heterocycles. The van der Waals surface area contributed by atoms with Gasteiger partial charge in [-0.3, -0.25) is 9.59 Å². The molecule has 6 heteroatoms. The number of carbonyl (C=O) groups is 2. The maximum absolute atomic E-state index is 13.3. The number of amides is 2. The molecule has 2 saturated heterocycles. The zero-order valence-electron chi connectivity index (χ0n) is 16.6. The van der Waals surface area contributed by atoms with Crippen molar-refractivity contribution >= 4 is 11.8 Å². The van der Waals surface area contributed by atoms with Crippen LogP contribution in [0, 0.1) is 10.6 Å². The SMILES string of the molecule is O=C(c1cc[n+]([O-])cc1)N1CC[C@@]2(CCCN(CCCc3ccccc3)C2=O)C1. The van der Waals surface area contributed by atoms with Crippen LogP contribution in [-0.2, 0) is 11.2 Å². The van der Waals surface area contributed by atoms with Crippen LogP contribution in [0.1, 0.15) is 41.6 Å². The predicted octanol–water partition coefficient (Wildman–Crippen LogP) is 2.41. The zero-order chi connectivity index (χ0) is 20.3. The summed E-state index contributed by atoms with van der Waals surface area (Å²) in [5, 5.41) is 11.2. The number of likely N-dealkylation sites (tertiary alicyclic amines) is 2. The molecule has 0 unspecified atom stereocenters. The van der Waals surface area contributed by atoms with Gasteiger partial charge in [0, 0.05) is 38.3 Å². The Labute approximate surface area is 171 Å². The number of hydrogen-bond donors (Lipinski definition) is 0. The van der Waals surface area contributed by atoms with E-state index in [9.17, 15) is 14.8 Å². The summed E-state index contributed by atoms with van der Waals surface area (Å²) in [6.45, 7) is 2.65. The number of carbonyl (C=O) groups excluding carboxylic acids is 2. The summed E-state index contributed by atoms with van der Waals surface area (Å²) in [7, 11) is 0. The molecule has 1 spiro atoms. The Hall–Kier alpha value is -2.89. The molecule has 1 aromatic carbocycles. The molecule has 0 N–H and O–H groups in total. The summed E-state index contributed by atoms with van der Waals surface area (Å²) in [6.07, 6.45) is 7.14. The Morgan fingerprint density at radius 1 is 1.07 bits per heavy atom. The van der Waals surface area contributed by atoms with Crippen molar-refractivity contribution in [3.63, 3.8) is 0 Å². The Bertz CT molecular complexity index is 869. The highest BCUT2D eigenvalue weighted by Crippen LogP contribution is 2.40. The highest BCUT2D eigenvalue weighted by Gasteiger charge is 2.49. The number of aromatic nitrogens is 1. The van der Waals surface area contributed by atoms with Crippen molar-refractivity contribution in [1.29, 1.82) is 0 Å². The van der Waals surface area contributed by atoms with Crippen molar-refractivity contribution in [3.05, 3.63) is 71.2 Å². The van der Waals surface area contributed by atoms with Gasteiger partial charge in [0.15, 0.2) is 12.4 Å². The van der Waals surface area contributed by atoms with Crippen LogP contribution in [-0.4, -0.2) is 47.8 Å². The highest BCUT2D eigenvalue weighted by atomic mass is 16.5. The molecule has 0 radical (unpaired) electrons. The molecule has 0 saturated carbocycles. The van der Waals surface area contributed by atoms with Crippen LogP contribution in [0.25, 0.3) is 0 Å². The van der Waals surface area contributed by atoms with Crippen LogP contribution in [0.3, 0.4) is 0 Å². The van der Waals surface area contributed by atoms with E-state index in [0.717, 1.165) is 45.2 Å². The third kappa shape index (κ3) is 4.11. The molecule has 4 rings (SSSR count). The van der Waals surface area contributed by atoms with E-state index in [1.165, 1.54) is 18.0 Å². The lowest BCUT2D eigenvalue weighted by Gasteiger charge is -2.39. The zero-order valence-corrected chi connectivity index (χ0v) is 16.6. The molecule has 0 aliphatic carbocycles. The Morgan fingerprint density at radius 3 is 2.59 bits per heavy atom. The molecule has 6 nitrogen and oxygen atoms in total. The van der Waals surface area contributed by atoms with Gasteiger partial charge in [0.05, 0.1) is 11.0 Å². The molecule has 1 atom stereocenters. The lowest BCUT2D eigenvalue weighted by atomic mass is 9.78. The van der Waals surface area contributed by atoms with Crippen LogP contribution < -0.4 is 4.73 Å². The molecular weight excluding hydrogens is 366 g/mol. The molecular formula is C23H27N3O3. The maximum Gasteiger partial charge on any atom is 0.254 e. The van der Waals surface area contributed by atoms with Crippen molar-refractivity contribution < 1.29 is 14.3 Å². The lowest BCUT2D eigenvalue weighted by molar-refractivity contribution is -0.605. The van der Waals surface area contributed by atoms with Crippen molar-refractivity contribution in [1.82, 2.24) is 9.80 Å². The minimum Gasteiger partial charge on any atom is -0.619 e. The van der Waals surface area contributed by atoms with E-state index in [2.05, 4.69) is 12.1 Å². The van der Waals surface area contributed by atoms with E-state index in [4.69, 9.17) is 0 Å². The number of rotatable bonds is 5. The topological polar surface area (TPSA) is 67.6 Å². The smallest absolute Gasteiger partial charge is 0.254 e. The Balaban J connectivity index is 1.37. The fourth-order valence-electron chi connectivity index (χ4n) is 4.65. The second-order valence-corrected chi connectivity index (χ2v) is 8.19. The average Bonchev–Trinajstić information content (AvgIpc) is 3.17. The third-order valence-electron chi connectivity index (χ3n) is 6.25. The normalized spacial score (nSPS) is 21.7. The van der Waals surface area contributed by atoms with Gasteiger partial charge in [-0.05, 0) is 37.7 Å². The fourth-order valence-corrected chi connectivity index (χ4v) is 4.65. The summed E-state index contributed by atoms with van der Waals surface area (Å²) >= 11 is 0. The Kier molecular flexibility index (Phi) is 5.51. The van der Waals surface area contributed by atoms with Crippen LogP contribution in [0.2, 0.25) is 0 Å². The summed E-state index contributed by atoms with van der Waals surface area (Å²) in [5.41, 5.74) is 1.36. The highest BCUT2D eigenvalue weighted by molar-refractivity contribution is 5.95. The van der Waals surface area contributed by atoms with Gasteiger partial charge >= 0.3 is 0 Å². The van der Waals surface area contributed by atoms with Gasteiger partial charge in [0.25, 0.3) is 5.91 Å². The van der Waals surface area contributed by atoms with Crippen LogP contribution in [0.5, 0.6) is 0 Å². The van der Waals surface area contributed by atoms with Crippen LogP contribution in [0.15, 0.2) is 54.9 Å². The quantitative estimate of drug-likeness (QED) is 0.579. The molecule has 2 aliphatic rings. The van der Waals surface area contributed by atoms with Crippen LogP contribution in [0.4, 0.5) is 0 Å². The van der Waals surface area contributed by atoms with E-state index >= 15 is 0 Å². The number of nitrogens with zero attached hydrogens (tertiary/aromatic N) is 3. The van der Waals surface area contributed by atoms with Crippen molar-refractivity contribution in [3.8, 4) is 0 Å². The predicted molar refractivity (Wildman–Crippen MR) is 109 cm³/mol. The van der Waals surface area contributed by atoms with E-state index in [0.29, 0.717) is 23.4 Å².